The number of aromatic nitrogens is 1. The zero-order valence-electron chi connectivity index (χ0n) is 10.1. The topological polar surface area (TPSA) is 42.4 Å². The fourth-order valence-corrected chi connectivity index (χ4v) is 1.53. The van der Waals surface area contributed by atoms with Gasteiger partial charge in [0.15, 0.2) is 5.78 Å². The minimum Gasteiger partial charge on any atom is -0.377 e. The third-order valence-electron chi connectivity index (χ3n) is 2.13. The molecular formula is C12H18N2O2. The number of ether oxygens (including phenoxy) is 1. The summed E-state index contributed by atoms with van der Waals surface area (Å²) in [7, 11) is 3.43. The number of hydrogen-bond donors (Lipinski definition) is 0. The van der Waals surface area contributed by atoms with Crippen LogP contribution >= 0.6 is 0 Å². The van der Waals surface area contributed by atoms with Crippen LogP contribution in [0.1, 0.15) is 11.4 Å². The molecule has 1 aromatic heterocycles. The number of Topliss-reactive ketones (excluding diaryl/α,β-unsaturated/α-hetero) is 1. The fourth-order valence-electron chi connectivity index (χ4n) is 1.53. The van der Waals surface area contributed by atoms with Gasteiger partial charge in [0.2, 0.25) is 0 Å². The lowest BCUT2D eigenvalue weighted by Crippen LogP contribution is -2.28. The lowest BCUT2D eigenvalue weighted by molar-refractivity contribution is -0.123. The van der Waals surface area contributed by atoms with E-state index in [2.05, 4.69) is 4.98 Å². The zero-order chi connectivity index (χ0) is 12.0. The number of carbonyl (C=O) groups excluding carboxylic acids is 1. The summed E-state index contributed by atoms with van der Waals surface area (Å²) in [5, 5.41) is 0. The van der Waals surface area contributed by atoms with Gasteiger partial charge in [-0.25, -0.2) is 0 Å². The molecule has 0 fully saturated rings. The Morgan fingerprint density at radius 3 is 2.88 bits per heavy atom. The van der Waals surface area contributed by atoms with Crippen molar-refractivity contribution in [2.24, 2.45) is 0 Å². The first-order valence-electron chi connectivity index (χ1n) is 5.23. The molecule has 1 rings (SSSR count). The van der Waals surface area contributed by atoms with Crippen molar-refractivity contribution in [3.63, 3.8) is 0 Å². The number of nitrogens with zero attached hydrogens (tertiary/aromatic N) is 2. The molecule has 0 saturated carbocycles. The van der Waals surface area contributed by atoms with E-state index in [0.29, 0.717) is 13.1 Å². The summed E-state index contributed by atoms with van der Waals surface area (Å²) in [5.74, 6) is 0.0812. The van der Waals surface area contributed by atoms with Crippen molar-refractivity contribution < 1.29 is 9.53 Å². The highest BCUT2D eigenvalue weighted by atomic mass is 16.5. The van der Waals surface area contributed by atoms with Gasteiger partial charge in [-0.05, 0) is 26.1 Å². The van der Waals surface area contributed by atoms with Gasteiger partial charge in [0.25, 0.3) is 0 Å². The second-order valence-electron chi connectivity index (χ2n) is 3.91. The summed E-state index contributed by atoms with van der Waals surface area (Å²) in [6.45, 7) is 3.20. The minimum atomic E-state index is 0.0812. The molecular weight excluding hydrogens is 204 g/mol. The van der Waals surface area contributed by atoms with Crippen molar-refractivity contribution in [2.45, 2.75) is 13.5 Å². The van der Waals surface area contributed by atoms with Gasteiger partial charge in [0, 0.05) is 19.3 Å². The van der Waals surface area contributed by atoms with Crippen LogP contribution in [0.2, 0.25) is 0 Å². The number of carbonyl (C=O) groups is 1. The third-order valence-corrected chi connectivity index (χ3v) is 2.13. The van der Waals surface area contributed by atoms with Gasteiger partial charge in [-0.1, -0.05) is 6.07 Å². The quantitative estimate of drug-likeness (QED) is 0.721. The molecule has 16 heavy (non-hydrogen) atoms. The van der Waals surface area contributed by atoms with Gasteiger partial charge in [-0.15, -0.1) is 0 Å². The predicted octanol–water partition coefficient (Wildman–Crippen LogP) is 1.04. The Bertz CT molecular complexity index is 353. The van der Waals surface area contributed by atoms with Crippen LogP contribution in [-0.2, 0) is 16.1 Å². The average Bonchev–Trinajstić information content (AvgIpc) is 2.17. The van der Waals surface area contributed by atoms with E-state index in [4.69, 9.17) is 4.74 Å². The molecule has 0 spiro atoms. The monoisotopic (exact) mass is 222 g/mol. The van der Waals surface area contributed by atoms with Crippen molar-refractivity contribution >= 4 is 5.78 Å². The van der Waals surface area contributed by atoms with Crippen molar-refractivity contribution in [3.05, 3.63) is 29.6 Å². The maximum Gasteiger partial charge on any atom is 0.172 e. The Morgan fingerprint density at radius 1 is 1.50 bits per heavy atom. The molecule has 1 aromatic rings. The number of methoxy groups -OCH3 is 1. The molecule has 0 atom stereocenters. The van der Waals surface area contributed by atoms with Crippen LogP contribution in [-0.4, -0.2) is 43.0 Å². The van der Waals surface area contributed by atoms with Crippen LogP contribution < -0.4 is 0 Å². The maximum absolute atomic E-state index is 11.3. The molecule has 0 saturated heterocycles. The van der Waals surface area contributed by atoms with Crippen LogP contribution in [0, 0.1) is 6.92 Å². The summed E-state index contributed by atoms with van der Waals surface area (Å²) in [6.07, 6.45) is 0. The van der Waals surface area contributed by atoms with E-state index in [9.17, 15) is 4.79 Å². The van der Waals surface area contributed by atoms with Gasteiger partial charge in [-0.3, -0.25) is 14.7 Å². The molecule has 0 radical (unpaired) electrons. The maximum atomic E-state index is 11.3. The summed E-state index contributed by atoms with van der Waals surface area (Å²) in [5.41, 5.74) is 1.97. The Hall–Kier alpha value is -1.26. The number of aryl methyl sites for hydroxylation is 1. The molecule has 0 N–H and O–H groups in total. The summed E-state index contributed by atoms with van der Waals surface area (Å²) in [4.78, 5) is 17.6. The molecule has 0 bridgehead atoms. The van der Waals surface area contributed by atoms with E-state index < -0.39 is 0 Å². The Balaban J connectivity index is 2.45. The molecule has 0 aliphatic heterocycles. The van der Waals surface area contributed by atoms with Gasteiger partial charge in [0.1, 0.15) is 6.61 Å². The average molecular weight is 222 g/mol. The summed E-state index contributed by atoms with van der Waals surface area (Å²) >= 11 is 0. The van der Waals surface area contributed by atoms with Gasteiger partial charge in [0.05, 0.1) is 12.2 Å². The predicted molar refractivity (Wildman–Crippen MR) is 62.2 cm³/mol. The first kappa shape index (κ1) is 12.8. The molecule has 4 nitrogen and oxygen atoms in total. The number of pyridine rings is 1. The highest BCUT2D eigenvalue weighted by molar-refractivity contribution is 5.81. The van der Waals surface area contributed by atoms with Crippen molar-refractivity contribution in [1.82, 2.24) is 9.88 Å². The van der Waals surface area contributed by atoms with E-state index in [1.54, 1.807) is 0 Å². The minimum absolute atomic E-state index is 0.0812. The van der Waals surface area contributed by atoms with E-state index in [1.165, 1.54) is 7.11 Å². The van der Waals surface area contributed by atoms with E-state index in [-0.39, 0.29) is 12.4 Å². The van der Waals surface area contributed by atoms with Crippen molar-refractivity contribution in [1.29, 1.82) is 0 Å². The smallest absolute Gasteiger partial charge is 0.172 e. The molecule has 1 heterocycles. The normalized spacial score (nSPS) is 10.8. The highest BCUT2D eigenvalue weighted by Gasteiger charge is 2.07. The van der Waals surface area contributed by atoms with Crippen LogP contribution in [0.5, 0.6) is 0 Å². The van der Waals surface area contributed by atoms with Crippen LogP contribution in [0.4, 0.5) is 0 Å². The van der Waals surface area contributed by atoms with Gasteiger partial charge in [-0.2, -0.15) is 0 Å². The molecule has 0 unspecified atom stereocenters. The van der Waals surface area contributed by atoms with Gasteiger partial charge >= 0.3 is 0 Å². The standard InChI is InChI=1S/C12H18N2O2/c1-10-5-4-6-11(13-10)7-14(2)8-12(15)9-16-3/h4-6H,7-9H2,1-3H3. The number of likely N-dealkylation sites (N-methyl/N-ethyl adjacent to an activating group) is 1. The first-order valence-corrected chi connectivity index (χ1v) is 5.23. The molecule has 88 valence electrons. The SMILES string of the molecule is COCC(=O)CN(C)Cc1cccc(C)n1. The largest absolute Gasteiger partial charge is 0.377 e. The lowest BCUT2D eigenvalue weighted by atomic mass is 10.3. The van der Waals surface area contributed by atoms with Crippen molar-refractivity contribution in [3.8, 4) is 0 Å². The Kier molecular flexibility index (Phi) is 5.08. The third kappa shape index (κ3) is 4.51. The van der Waals surface area contributed by atoms with E-state index in [1.807, 2.05) is 37.1 Å². The van der Waals surface area contributed by atoms with Crippen LogP contribution in [0.15, 0.2) is 18.2 Å². The fraction of sp³-hybridized carbons (Fsp3) is 0.500. The second kappa shape index (κ2) is 6.35. The molecule has 4 heteroatoms. The van der Waals surface area contributed by atoms with E-state index in [0.717, 1.165) is 11.4 Å². The van der Waals surface area contributed by atoms with Gasteiger partial charge < -0.3 is 4.74 Å². The summed E-state index contributed by atoms with van der Waals surface area (Å²) in [6, 6.07) is 5.90. The second-order valence-corrected chi connectivity index (χ2v) is 3.91. The molecule has 0 amide bonds. The lowest BCUT2D eigenvalue weighted by Gasteiger charge is -2.15. The number of rotatable bonds is 6. The molecule has 0 aliphatic rings. The Labute approximate surface area is 96.2 Å². The van der Waals surface area contributed by atoms with Crippen LogP contribution in [0.25, 0.3) is 0 Å². The number of ketones is 1. The van der Waals surface area contributed by atoms with E-state index >= 15 is 0 Å². The highest BCUT2D eigenvalue weighted by Crippen LogP contribution is 2.01. The number of hydrogen-bond acceptors (Lipinski definition) is 4. The first-order chi connectivity index (χ1) is 7.61. The Morgan fingerprint density at radius 2 is 2.25 bits per heavy atom. The summed E-state index contributed by atoms with van der Waals surface area (Å²) < 4.78 is 4.78. The molecule has 0 aliphatic carbocycles. The van der Waals surface area contributed by atoms with Crippen molar-refractivity contribution in [2.75, 3.05) is 27.3 Å². The molecule has 0 aromatic carbocycles. The zero-order valence-corrected chi connectivity index (χ0v) is 10.1. The van der Waals surface area contributed by atoms with Crippen LogP contribution in [0.3, 0.4) is 0 Å².